The van der Waals surface area contributed by atoms with E-state index < -0.39 is 23.9 Å². The van der Waals surface area contributed by atoms with E-state index in [1.807, 2.05) is 0 Å². The van der Waals surface area contributed by atoms with Gasteiger partial charge in [0.2, 0.25) is 5.91 Å². The molecular formula is C13H17N3O4. The molecular weight excluding hydrogens is 262 g/mol. The standard InChI is InChI=1S/C13H17N3O4/c1-6-4-7(2)10(9(5-6)12(18)19)16-13(20)15-8(3)11(14)17/h4-5,8H,1-3H3,(H2,14,17)(H,18,19)(H2,15,16,20). The Morgan fingerprint density at radius 3 is 2.35 bits per heavy atom. The maximum absolute atomic E-state index is 11.7. The Hall–Kier alpha value is -2.57. The lowest BCUT2D eigenvalue weighted by molar-refractivity contribution is -0.119. The van der Waals surface area contributed by atoms with Crippen LogP contribution in [0.2, 0.25) is 0 Å². The number of hydrogen-bond acceptors (Lipinski definition) is 3. The van der Waals surface area contributed by atoms with Crippen LogP contribution in [0.3, 0.4) is 0 Å². The summed E-state index contributed by atoms with van der Waals surface area (Å²) in [6.07, 6.45) is 0. The van der Waals surface area contributed by atoms with Crippen LogP contribution in [0.25, 0.3) is 0 Å². The molecule has 1 aromatic carbocycles. The Kier molecular flexibility index (Phi) is 4.68. The first-order valence-electron chi connectivity index (χ1n) is 5.93. The zero-order valence-corrected chi connectivity index (χ0v) is 11.5. The largest absolute Gasteiger partial charge is 0.478 e. The van der Waals surface area contributed by atoms with Crippen LogP contribution in [0.15, 0.2) is 12.1 Å². The van der Waals surface area contributed by atoms with E-state index in [0.29, 0.717) is 5.56 Å². The molecule has 1 aromatic rings. The third-order valence-corrected chi connectivity index (χ3v) is 2.72. The Morgan fingerprint density at radius 1 is 1.25 bits per heavy atom. The first-order valence-corrected chi connectivity index (χ1v) is 5.93. The summed E-state index contributed by atoms with van der Waals surface area (Å²) in [6.45, 7) is 4.88. The lowest BCUT2D eigenvalue weighted by Gasteiger charge is -2.15. The highest BCUT2D eigenvalue weighted by Gasteiger charge is 2.17. The van der Waals surface area contributed by atoms with Crippen LogP contribution in [0.5, 0.6) is 0 Å². The maximum Gasteiger partial charge on any atom is 0.337 e. The van der Waals surface area contributed by atoms with Gasteiger partial charge in [-0.1, -0.05) is 6.07 Å². The summed E-state index contributed by atoms with van der Waals surface area (Å²) in [5.41, 5.74) is 6.60. The number of hydrogen-bond donors (Lipinski definition) is 4. The Morgan fingerprint density at radius 2 is 1.85 bits per heavy atom. The molecule has 0 aliphatic carbocycles. The van der Waals surface area contributed by atoms with Crippen molar-refractivity contribution in [1.82, 2.24) is 5.32 Å². The van der Waals surface area contributed by atoms with E-state index in [1.165, 1.54) is 13.0 Å². The molecule has 108 valence electrons. The van der Waals surface area contributed by atoms with Gasteiger partial charge in [-0.25, -0.2) is 9.59 Å². The van der Waals surface area contributed by atoms with Crippen molar-refractivity contribution in [2.75, 3.05) is 5.32 Å². The van der Waals surface area contributed by atoms with Crippen LogP contribution in [-0.4, -0.2) is 29.1 Å². The molecule has 1 rings (SSSR count). The van der Waals surface area contributed by atoms with E-state index in [9.17, 15) is 14.4 Å². The number of benzene rings is 1. The number of carboxylic acids is 1. The summed E-state index contributed by atoms with van der Waals surface area (Å²) in [5, 5.41) is 13.9. The van der Waals surface area contributed by atoms with E-state index in [-0.39, 0.29) is 11.3 Å². The summed E-state index contributed by atoms with van der Waals surface area (Å²) in [6, 6.07) is 1.67. The number of amides is 3. The summed E-state index contributed by atoms with van der Waals surface area (Å²) >= 11 is 0. The van der Waals surface area contributed by atoms with Crippen LogP contribution in [0.1, 0.15) is 28.4 Å². The number of nitrogens with two attached hydrogens (primary N) is 1. The van der Waals surface area contributed by atoms with Crippen LogP contribution in [0, 0.1) is 13.8 Å². The van der Waals surface area contributed by atoms with E-state index in [0.717, 1.165) is 5.56 Å². The van der Waals surface area contributed by atoms with Crippen molar-refractivity contribution in [2.24, 2.45) is 5.73 Å². The molecule has 0 spiro atoms. The first-order chi connectivity index (χ1) is 9.22. The predicted octanol–water partition coefficient (Wildman–Crippen LogP) is 0.997. The molecule has 0 bridgehead atoms. The molecule has 0 radical (unpaired) electrons. The topological polar surface area (TPSA) is 122 Å². The van der Waals surface area contributed by atoms with Crippen LogP contribution >= 0.6 is 0 Å². The monoisotopic (exact) mass is 279 g/mol. The van der Waals surface area contributed by atoms with Crippen LogP contribution < -0.4 is 16.4 Å². The maximum atomic E-state index is 11.7. The van der Waals surface area contributed by atoms with Crippen LogP contribution in [0.4, 0.5) is 10.5 Å². The number of rotatable bonds is 4. The van der Waals surface area contributed by atoms with Gasteiger partial charge in [-0.2, -0.15) is 0 Å². The molecule has 0 fully saturated rings. The second-order valence-corrected chi connectivity index (χ2v) is 4.53. The minimum atomic E-state index is -1.14. The van der Waals surface area contributed by atoms with Gasteiger partial charge in [0.15, 0.2) is 0 Å². The molecule has 0 aromatic heterocycles. The average Bonchev–Trinajstić information content (AvgIpc) is 2.31. The molecule has 1 unspecified atom stereocenters. The number of primary amides is 1. The predicted molar refractivity (Wildman–Crippen MR) is 73.7 cm³/mol. The number of anilines is 1. The van der Waals surface area contributed by atoms with E-state index >= 15 is 0 Å². The van der Waals surface area contributed by atoms with E-state index in [1.54, 1.807) is 19.9 Å². The summed E-state index contributed by atoms with van der Waals surface area (Å²) < 4.78 is 0. The van der Waals surface area contributed by atoms with Crippen LogP contribution in [-0.2, 0) is 4.79 Å². The van der Waals surface area contributed by atoms with E-state index in [2.05, 4.69) is 10.6 Å². The van der Waals surface area contributed by atoms with Crippen molar-refractivity contribution >= 4 is 23.6 Å². The van der Waals surface area contributed by atoms with Gasteiger partial charge >= 0.3 is 12.0 Å². The van der Waals surface area contributed by atoms with Gasteiger partial charge in [0.25, 0.3) is 0 Å². The van der Waals surface area contributed by atoms with Crippen molar-refractivity contribution in [3.8, 4) is 0 Å². The normalized spacial score (nSPS) is 11.6. The Balaban J connectivity index is 3.00. The SMILES string of the molecule is Cc1cc(C)c(NC(=O)NC(C)C(N)=O)c(C(=O)O)c1. The highest BCUT2D eigenvalue weighted by atomic mass is 16.4. The Bertz CT molecular complexity index is 569. The third kappa shape index (κ3) is 3.71. The number of carbonyl (C=O) groups is 3. The molecule has 7 heteroatoms. The minimum absolute atomic E-state index is 0.00984. The fraction of sp³-hybridized carbons (Fsp3) is 0.308. The molecule has 0 saturated heterocycles. The first kappa shape index (κ1) is 15.5. The van der Waals surface area contributed by atoms with Gasteiger partial charge in [-0.3, -0.25) is 4.79 Å². The van der Waals surface area contributed by atoms with Crippen molar-refractivity contribution < 1.29 is 19.5 Å². The number of urea groups is 1. The average molecular weight is 279 g/mol. The van der Waals surface area contributed by atoms with Gasteiger partial charge in [0, 0.05) is 0 Å². The lowest BCUT2D eigenvalue weighted by atomic mass is 10.0. The Labute approximate surface area is 116 Å². The number of nitrogens with one attached hydrogen (secondary N) is 2. The molecule has 0 aliphatic rings. The second kappa shape index (κ2) is 6.05. The fourth-order valence-electron chi connectivity index (χ4n) is 1.72. The van der Waals surface area contributed by atoms with Crippen molar-refractivity contribution in [3.63, 3.8) is 0 Å². The number of aryl methyl sites for hydroxylation is 2. The number of carbonyl (C=O) groups excluding carboxylic acids is 2. The summed E-state index contributed by atoms with van der Waals surface area (Å²) in [5.74, 6) is -1.82. The minimum Gasteiger partial charge on any atom is -0.478 e. The zero-order chi connectivity index (χ0) is 15.4. The summed E-state index contributed by atoms with van der Waals surface area (Å²) in [7, 11) is 0. The highest BCUT2D eigenvalue weighted by molar-refractivity contribution is 6.02. The molecule has 5 N–H and O–H groups in total. The lowest BCUT2D eigenvalue weighted by Crippen LogP contribution is -2.44. The molecule has 7 nitrogen and oxygen atoms in total. The van der Waals surface area contributed by atoms with Crippen molar-refractivity contribution in [3.05, 3.63) is 28.8 Å². The zero-order valence-electron chi connectivity index (χ0n) is 11.5. The van der Waals surface area contributed by atoms with Gasteiger partial charge in [0.05, 0.1) is 11.3 Å². The summed E-state index contributed by atoms with van der Waals surface area (Å²) in [4.78, 5) is 33.8. The molecule has 0 saturated carbocycles. The molecule has 0 aliphatic heterocycles. The van der Waals surface area contributed by atoms with Gasteiger partial charge < -0.3 is 21.5 Å². The van der Waals surface area contributed by atoms with Crippen molar-refractivity contribution in [1.29, 1.82) is 0 Å². The van der Waals surface area contributed by atoms with Gasteiger partial charge in [0.1, 0.15) is 6.04 Å². The smallest absolute Gasteiger partial charge is 0.337 e. The molecule has 3 amide bonds. The molecule has 20 heavy (non-hydrogen) atoms. The van der Waals surface area contributed by atoms with Crippen molar-refractivity contribution in [2.45, 2.75) is 26.8 Å². The highest BCUT2D eigenvalue weighted by Crippen LogP contribution is 2.22. The number of carboxylic acid groups (broad SMARTS) is 1. The molecule has 1 atom stereocenters. The quantitative estimate of drug-likeness (QED) is 0.656. The van der Waals surface area contributed by atoms with Gasteiger partial charge in [-0.15, -0.1) is 0 Å². The number of aromatic carboxylic acids is 1. The van der Waals surface area contributed by atoms with E-state index in [4.69, 9.17) is 10.8 Å². The molecule has 0 heterocycles. The second-order valence-electron chi connectivity index (χ2n) is 4.53. The fourth-order valence-corrected chi connectivity index (χ4v) is 1.72. The third-order valence-electron chi connectivity index (χ3n) is 2.72. The van der Waals surface area contributed by atoms with Gasteiger partial charge in [-0.05, 0) is 38.0 Å².